The van der Waals surface area contributed by atoms with Gasteiger partial charge in [0.25, 0.3) is 5.69 Å². The van der Waals surface area contributed by atoms with E-state index < -0.39 is 14.9 Å². The number of nitrogens with zero attached hydrogens (tertiary/aromatic N) is 2. The first-order valence-corrected chi connectivity index (χ1v) is 10.5. The van der Waals surface area contributed by atoms with Crippen molar-refractivity contribution in [1.82, 2.24) is 9.62 Å². The van der Waals surface area contributed by atoms with Crippen molar-refractivity contribution in [1.29, 1.82) is 0 Å². The van der Waals surface area contributed by atoms with Gasteiger partial charge in [-0.15, -0.1) is 0 Å². The summed E-state index contributed by atoms with van der Waals surface area (Å²) in [5, 5.41) is 14.2. The van der Waals surface area contributed by atoms with Crippen LogP contribution in [-0.2, 0) is 23.1 Å². The average molecular weight is 389 g/mol. The molecule has 2 aromatic rings. The smallest absolute Gasteiger partial charge is 0.273 e. The third-order valence-corrected chi connectivity index (χ3v) is 6.72. The van der Waals surface area contributed by atoms with Crippen LogP contribution in [0.2, 0.25) is 0 Å². The van der Waals surface area contributed by atoms with Crippen molar-refractivity contribution in [2.24, 2.45) is 0 Å². The van der Waals surface area contributed by atoms with Gasteiger partial charge in [0, 0.05) is 37.8 Å². The zero-order valence-electron chi connectivity index (χ0n) is 15.0. The zero-order valence-corrected chi connectivity index (χ0v) is 15.8. The summed E-state index contributed by atoms with van der Waals surface area (Å²) in [5.41, 5.74) is 1.29. The fourth-order valence-electron chi connectivity index (χ4n) is 3.32. The standard InChI is InChI=1S/C19H23N3O4S/c23-22(24)18-10-4-2-8-16(18)14-20-15-17-9-3-5-11-19(17)27(25,26)21-12-6-1-7-13-21/h2-5,8-11,20H,1,6-7,12-15H2. The maximum atomic E-state index is 13.0. The lowest BCUT2D eigenvalue weighted by atomic mass is 10.1. The molecule has 3 rings (SSSR count). The summed E-state index contributed by atoms with van der Waals surface area (Å²) in [7, 11) is -3.52. The molecule has 0 atom stereocenters. The summed E-state index contributed by atoms with van der Waals surface area (Å²) in [6, 6.07) is 13.5. The second-order valence-corrected chi connectivity index (χ2v) is 8.47. The first kappa shape index (κ1) is 19.5. The summed E-state index contributed by atoms with van der Waals surface area (Å²) in [5.74, 6) is 0. The Labute approximate surface area is 159 Å². The highest BCUT2D eigenvalue weighted by molar-refractivity contribution is 7.89. The predicted octanol–water partition coefficient (Wildman–Crippen LogP) is 3.06. The Kier molecular flexibility index (Phi) is 6.20. The lowest BCUT2D eigenvalue weighted by Gasteiger charge is -2.26. The van der Waals surface area contributed by atoms with Crippen LogP contribution in [-0.4, -0.2) is 30.7 Å². The van der Waals surface area contributed by atoms with E-state index in [1.54, 1.807) is 46.8 Å². The van der Waals surface area contributed by atoms with Crippen LogP contribution in [0.1, 0.15) is 30.4 Å². The summed E-state index contributed by atoms with van der Waals surface area (Å²) >= 11 is 0. The van der Waals surface area contributed by atoms with Gasteiger partial charge in [-0.25, -0.2) is 8.42 Å². The maximum Gasteiger partial charge on any atom is 0.273 e. The minimum Gasteiger partial charge on any atom is -0.308 e. The second-order valence-electron chi connectivity index (χ2n) is 6.56. The summed E-state index contributed by atoms with van der Waals surface area (Å²) < 4.78 is 27.5. The molecule has 1 aliphatic rings. The topological polar surface area (TPSA) is 92.5 Å². The summed E-state index contributed by atoms with van der Waals surface area (Å²) in [4.78, 5) is 11.0. The van der Waals surface area contributed by atoms with Gasteiger partial charge >= 0.3 is 0 Å². The Hall–Kier alpha value is -2.29. The number of rotatable bonds is 7. The molecule has 0 saturated carbocycles. The first-order valence-electron chi connectivity index (χ1n) is 9.01. The van der Waals surface area contributed by atoms with Crippen molar-refractivity contribution in [3.05, 3.63) is 69.8 Å². The van der Waals surface area contributed by atoms with E-state index in [9.17, 15) is 18.5 Å². The number of benzene rings is 2. The molecule has 27 heavy (non-hydrogen) atoms. The fraction of sp³-hybridized carbons (Fsp3) is 0.368. The van der Waals surface area contributed by atoms with Crippen LogP contribution in [0.25, 0.3) is 0 Å². The van der Waals surface area contributed by atoms with Crippen LogP contribution in [0.3, 0.4) is 0 Å². The largest absolute Gasteiger partial charge is 0.308 e. The van der Waals surface area contributed by atoms with Gasteiger partial charge in [0.1, 0.15) is 0 Å². The Balaban J connectivity index is 1.74. The number of sulfonamides is 1. The van der Waals surface area contributed by atoms with E-state index in [2.05, 4.69) is 5.32 Å². The normalized spacial score (nSPS) is 15.6. The molecule has 0 bridgehead atoms. The summed E-state index contributed by atoms with van der Waals surface area (Å²) in [6.07, 6.45) is 2.83. The molecule has 0 unspecified atom stereocenters. The number of hydrogen-bond acceptors (Lipinski definition) is 5. The molecule has 0 spiro atoms. The molecule has 1 heterocycles. The summed E-state index contributed by atoms with van der Waals surface area (Å²) in [6.45, 7) is 1.71. The number of nitrogens with one attached hydrogen (secondary N) is 1. The van der Waals surface area contributed by atoms with Crippen LogP contribution < -0.4 is 5.32 Å². The predicted molar refractivity (Wildman–Crippen MR) is 103 cm³/mol. The highest BCUT2D eigenvalue weighted by atomic mass is 32.2. The van der Waals surface area contributed by atoms with Crippen LogP contribution in [0.4, 0.5) is 5.69 Å². The van der Waals surface area contributed by atoms with Crippen molar-refractivity contribution in [3.63, 3.8) is 0 Å². The SMILES string of the molecule is O=[N+]([O-])c1ccccc1CNCc1ccccc1S(=O)(=O)N1CCCCC1. The minimum absolute atomic E-state index is 0.0548. The van der Waals surface area contributed by atoms with Crippen molar-refractivity contribution in [2.75, 3.05) is 13.1 Å². The maximum absolute atomic E-state index is 13.0. The molecule has 8 heteroatoms. The van der Waals surface area contributed by atoms with Gasteiger partial charge in [-0.2, -0.15) is 4.31 Å². The van der Waals surface area contributed by atoms with Gasteiger partial charge in [-0.3, -0.25) is 10.1 Å². The molecule has 0 aliphatic carbocycles. The number of para-hydroxylation sites is 1. The van der Waals surface area contributed by atoms with Gasteiger partial charge in [-0.05, 0) is 24.5 Å². The van der Waals surface area contributed by atoms with E-state index in [0.29, 0.717) is 35.7 Å². The molecule has 0 radical (unpaired) electrons. The van der Waals surface area contributed by atoms with E-state index in [1.165, 1.54) is 6.07 Å². The van der Waals surface area contributed by atoms with Gasteiger partial charge in [0.2, 0.25) is 10.0 Å². The van der Waals surface area contributed by atoms with Gasteiger partial charge in [0.05, 0.1) is 9.82 Å². The molecule has 144 valence electrons. The lowest BCUT2D eigenvalue weighted by Crippen LogP contribution is -2.36. The van der Waals surface area contributed by atoms with E-state index in [4.69, 9.17) is 0 Å². The lowest BCUT2D eigenvalue weighted by molar-refractivity contribution is -0.385. The van der Waals surface area contributed by atoms with Crippen LogP contribution >= 0.6 is 0 Å². The molecule has 1 aliphatic heterocycles. The van der Waals surface area contributed by atoms with Crippen LogP contribution in [0.15, 0.2) is 53.4 Å². The molecular formula is C19H23N3O4S. The first-order chi connectivity index (χ1) is 13.0. The van der Waals surface area contributed by atoms with Crippen molar-refractivity contribution in [2.45, 2.75) is 37.2 Å². The van der Waals surface area contributed by atoms with Gasteiger partial charge in [-0.1, -0.05) is 42.8 Å². The number of hydrogen-bond donors (Lipinski definition) is 1. The van der Waals surface area contributed by atoms with Crippen LogP contribution in [0, 0.1) is 10.1 Å². The van der Waals surface area contributed by atoms with E-state index in [1.807, 2.05) is 0 Å². The van der Waals surface area contributed by atoms with Crippen molar-refractivity contribution < 1.29 is 13.3 Å². The van der Waals surface area contributed by atoms with E-state index >= 15 is 0 Å². The molecular weight excluding hydrogens is 366 g/mol. The van der Waals surface area contributed by atoms with E-state index in [0.717, 1.165) is 19.3 Å². The molecule has 1 fully saturated rings. The molecule has 2 aromatic carbocycles. The molecule has 7 nitrogen and oxygen atoms in total. The van der Waals surface area contributed by atoms with Crippen molar-refractivity contribution >= 4 is 15.7 Å². The third-order valence-electron chi connectivity index (χ3n) is 4.72. The number of nitro benzene ring substituents is 1. The van der Waals surface area contributed by atoms with Crippen LogP contribution in [0.5, 0.6) is 0 Å². The highest BCUT2D eigenvalue weighted by Gasteiger charge is 2.27. The Morgan fingerprint density at radius 1 is 0.926 bits per heavy atom. The van der Waals surface area contributed by atoms with Gasteiger partial charge in [0.15, 0.2) is 0 Å². The fourth-order valence-corrected chi connectivity index (χ4v) is 5.06. The quantitative estimate of drug-likeness (QED) is 0.580. The Morgan fingerprint density at radius 3 is 2.22 bits per heavy atom. The van der Waals surface area contributed by atoms with Gasteiger partial charge < -0.3 is 5.32 Å². The minimum atomic E-state index is -3.52. The molecule has 0 amide bonds. The monoisotopic (exact) mass is 389 g/mol. The average Bonchev–Trinajstić information content (AvgIpc) is 2.69. The molecule has 1 saturated heterocycles. The Bertz CT molecular complexity index is 909. The molecule has 0 aromatic heterocycles. The zero-order chi connectivity index (χ0) is 19.3. The highest BCUT2D eigenvalue weighted by Crippen LogP contribution is 2.24. The number of piperidine rings is 1. The molecule has 1 N–H and O–H groups in total. The number of nitro groups is 1. The Morgan fingerprint density at radius 2 is 1.52 bits per heavy atom. The van der Waals surface area contributed by atoms with Crippen molar-refractivity contribution in [3.8, 4) is 0 Å². The second kappa shape index (κ2) is 8.60. The third kappa shape index (κ3) is 4.52. The van der Waals surface area contributed by atoms with E-state index in [-0.39, 0.29) is 12.2 Å².